The number of hydrogen-bond acceptors (Lipinski definition) is 3. The van der Waals surface area contributed by atoms with E-state index in [0.29, 0.717) is 0 Å². The smallest absolute Gasteiger partial charge is 0.256 e. The average molecular weight is 278 g/mol. The molecule has 5 heteroatoms. The summed E-state index contributed by atoms with van der Waals surface area (Å²) >= 11 is 12.2. The van der Waals surface area contributed by atoms with Crippen molar-refractivity contribution in [3.63, 3.8) is 0 Å². The zero-order valence-electron chi connectivity index (χ0n) is 9.27. The van der Waals surface area contributed by atoms with Crippen LogP contribution in [-0.2, 0) is 5.12 Å². The number of hydrogen-bond donors (Lipinski definition) is 1. The van der Waals surface area contributed by atoms with Crippen molar-refractivity contribution in [2.24, 2.45) is 9.98 Å². The van der Waals surface area contributed by atoms with Crippen molar-refractivity contribution in [2.75, 3.05) is 0 Å². The average Bonchev–Trinajstić information content (AvgIpc) is 2.38. The largest absolute Gasteiger partial charge is 0.322 e. The first-order valence-corrected chi connectivity index (χ1v) is 6.17. The standard InChI is InChI=1S/C13H9Cl2N3/c14-12-16-8-17-13(15,18-12)11-6-5-9-3-1-2-4-10(9)7-11/h1-8H,(H,16,17,18). The van der Waals surface area contributed by atoms with Crippen LogP contribution in [-0.4, -0.2) is 11.6 Å². The van der Waals surface area contributed by atoms with Gasteiger partial charge in [0.2, 0.25) is 0 Å². The molecule has 1 aliphatic heterocycles. The Morgan fingerprint density at radius 3 is 2.61 bits per heavy atom. The summed E-state index contributed by atoms with van der Waals surface area (Å²) in [4.78, 5) is 8.28. The highest BCUT2D eigenvalue weighted by Crippen LogP contribution is 2.35. The number of aliphatic imine (C=N–C) groups is 2. The van der Waals surface area contributed by atoms with E-state index in [1.165, 1.54) is 6.34 Å². The van der Waals surface area contributed by atoms with Crippen molar-refractivity contribution in [2.45, 2.75) is 5.12 Å². The van der Waals surface area contributed by atoms with Crippen LogP contribution in [0, 0.1) is 0 Å². The van der Waals surface area contributed by atoms with Crippen LogP contribution in [0.25, 0.3) is 10.8 Å². The van der Waals surface area contributed by atoms with Crippen LogP contribution >= 0.6 is 23.2 Å². The van der Waals surface area contributed by atoms with E-state index in [0.717, 1.165) is 16.3 Å². The summed E-state index contributed by atoms with van der Waals surface area (Å²) in [5, 5.41) is 3.98. The highest BCUT2D eigenvalue weighted by atomic mass is 35.5. The molecule has 0 bridgehead atoms. The second-order valence-electron chi connectivity index (χ2n) is 3.95. The van der Waals surface area contributed by atoms with Gasteiger partial charge in [-0.15, -0.1) is 0 Å². The Labute approximate surface area is 114 Å². The molecule has 0 fully saturated rings. The third kappa shape index (κ3) is 1.96. The molecule has 1 aliphatic rings. The number of benzene rings is 2. The van der Waals surface area contributed by atoms with Gasteiger partial charge in [0.25, 0.3) is 5.12 Å². The molecular weight excluding hydrogens is 269 g/mol. The Balaban J connectivity index is 2.14. The lowest BCUT2D eigenvalue weighted by molar-refractivity contribution is 0.678. The summed E-state index contributed by atoms with van der Waals surface area (Å²) in [5.41, 5.74) is 0.791. The topological polar surface area (TPSA) is 36.8 Å². The number of amidine groups is 1. The summed E-state index contributed by atoms with van der Waals surface area (Å²) in [7, 11) is 0. The number of alkyl halides is 1. The van der Waals surface area contributed by atoms with Gasteiger partial charge in [-0.25, -0.2) is 9.98 Å². The molecule has 2 aromatic carbocycles. The number of nitrogens with one attached hydrogen (secondary N) is 1. The Hall–Kier alpha value is -1.58. The van der Waals surface area contributed by atoms with E-state index in [-0.39, 0.29) is 5.29 Å². The molecule has 2 aromatic rings. The van der Waals surface area contributed by atoms with Gasteiger partial charge < -0.3 is 5.32 Å². The zero-order valence-corrected chi connectivity index (χ0v) is 10.8. The molecule has 0 saturated carbocycles. The van der Waals surface area contributed by atoms with E-state index in [1.54, 1.807) is 0 Å². The fraction of sp³-hybridized carbons (Fsp3) is 0.0769. The maximum atomic E-state index is 6.39. The number of halogens is 2. The Morgan fingerprint density at radius 1 is 1.06 bits per heavy atom. The summed E-state index contributed by atoms with van der Waals surface area (Å²) in [6.07, 6.45) is 1.46. The molecule has 0 amide bonds. The van der Waals surface area contributed by atoms with Crippen LogP contribution in [0.2, 0.25) is 0 Å². The fourth-order valence-corrected chi connectivity index (χ4v) is 2.35. The van der Waals surface area contributed by atoms with Crippen molar-refractivity contribution in [1.29, 1.82) is 0 Å². The summed E-state index contributed by atoms with van der Waals surface area (Å²) in [6, 6.07) is 13.9. The highest BCUT2D eigenvalue weighted by molar-refractivity contribution is 6.66. The van der Waals surface area contributed by atoms with Gasteiger partial charge in [-0.05, 0) is 28.4 Å². The van der Waals surface area contributed by atoms with Crippen molar-refractivity contribution < 1.29 is 0 Å². The number of nitrogens with zero attached hydrogens (tertiary/aromatic N) is 2. The normalized spacial score (nSPS) is 22.7. The van der Waals surface area contributed by atoms with Gasteiger partial charge in [0.15, 0.2) is 5.29 Å². The van der Waals surface area contributed by atoms with E-state index in [2.05, 4.69) is 15.3 Å². The molecular formula is C13H9Cl2N3. The molecule has 0 aliphatic carbocycles. The van der Waals surface area contributed by atoms with E-state index in [4.69, 9.17) is 23.2 Å². The lowest BCUT2D eigenvalue weighted by Gasteiger charge is -2.22. The predicted molar refractivity (Wildman–Crippen MR) is 76.4 cm³/mol. The zero-order chi connectivity index (χ0) is 12.6. The third-order valence-corrected chi connectivity index (χ3v) is 3.38. The molecule has 3 nitrogen and oxygen atoms in total. The summed E-state index contributed by atoms with van der Waals surface area (Å²) < 4.78 is 0. The summed E-state index contributed by atoms with van der Waals surface area (Å²) in [6.45, 7) is 0. The van der Waals surface area contributed by atoms with Gasteiger partial charge in [-0.3, -0.25) is 0 Å². The highest BCUT2D eigenvalue weighted by Gasteiger charge is 2.30. The fourth-order valence-electron chi connectivity index (χ4n) is 1.89. The molecule has 1 heterocycles. The van der Waals surface area contributed by atoms with Crippen LogP contribution in [0.5, 0.6) is 0 Å². The minimum absolute atomic E-state index is 0.230. The Bertz CT molecular complexity index is 666. The van der Waals surface area contributed by atoms with Gasteiger partial charge in [0.05, 0.1) is 6.34 Å². The molecule has 90 valence electrons. The van der Waals surface area contributed by atoms with Crippen LogP contribution in [0.15, 0.2) is 52.4 Å². The van der Waals surface area contributed by atoms with Gasteiger partial charge in [0.1, 0.15) is 0 Å². The van der Waals surface area contributed by atoms with Crippen LogP contribution in [0.1, 0.15) is 5.56 Å². The van der Waals surface area contributed by atoms with Crippen molar-refractivity contribution in [3.05, 3.63) is 48.0 Å². The molecule has 18 heavy (non-hydrogen) atoms. The van der Waals surface area contributed by atoms with Gasteiger partial charge in [-0.1, -0.05) is 48.0 Å². The van der Waals surface area contributed by atoms with Crippen LogP contribution < -0.4 is 5.32 Å². The molecule has 1 N–H and O–H groups in total. The second-order valence-corrected chi connectivity index (χ2v) is 4.84. The quantitative estimate of drug-likeness (QED) is 0.629. The van der Waals surface area contributed by atoms with Gasteiger partial charge >= 0.3 is 0 Å². The number of rotatable bonds is 1. The predicted octanol–water partition coefficient (Wildman–Crippen LogP) is 3.42. The third-order valence-electron chi connectivity index (χ3n) is 2.78. The molecule has 1 unspecified atom stereocenters. The Morgan fingerprint density at radius 2 is 1.83 bits per heavy atom. The lowest BCUT2D eigenvalue weighted by Crippen LogP contribution is -2.28. The van der Waals surface area contributed by atoms with Gasteiger partial charge in [0, 0.05) is 5.56 Å². The monoisotopic (exact) mass is 277 g/mol. The lowest BCUT2D eigenvalue weighted by atomic mass is 10.1. The molecule has 0 radical (unpaired) electrons. The SMILES string of the molecule is ClC1=NC(Cl)(c2ccc3ccccc3c2)N=CN1. The molecule has 1 atom stereocenters. The molecule has 3 rings (SSSR count). The van der Waals surface area contributed by atoms with E-state index >= 15 is 0 Å². The minimum Gasteiger partial charge on any atom is -0.322 e. The molecule has 0 saturated heterocycles. The first kappa shape index (κ1) is 11.5. The van der Waals surface area contributed by atoms with Crippen LogP contribution in [0.4, 0.5) is 0 Å². The van der Waals surface area contributed by atoms with Gasteiger partial charge in [-0.2, -0.15) is 0 Å². The van der Waals surface area contributed by atoms with Crippen LogP contribution in [0.3, 0.4) is 0 Å². The second kappa shape index (κ2) is 4.26. The van der Waals surface area contributed by atoms with Crippen molar-refractivity contribution in [1.82, 2.24) is 5.32 Å². The van der Waals surface area contributed by atoms with Crippen molar-refractivity contribution in [3.8, 4) is 0 Å². The first-order valence-electron chi connectivity index (χ1n) is 5.41. The molecule has 0 spiro atoms. The first-order chi connectivity index (χ1) is 8.67. The summed E-state index contributed by atoms with van der Waals surface area (Å²) in [5.74, 6) is 0. The van der Waals surface area contributed by atoms with E-state index in [9.17, 15) is 0 Å². The minimum atomic E-state index is -1.17. The maximum Gasteiger partial charge on any atom is 0.256 e. The van der Waals surface area contributed by atoms with E-state index in [1.807, 2.05) is 42.5 Å². The Kier molecular flexibility index (Phi) is 2.73. The van der Waals surface area contributed by atoms with E-state index < -0.39 is 5.12 Å². The number of fused-ring (bicyclic) bond motifs is 1. The molecule has 0 aromatic heterocycles. The van der Waals surface area contributed by atoms with Crippen molar-refractivity contribution >= 4 is 45.6 Å². The maximum absolute atomic E-state index is 6.39.